The maximum Gasteiger partial charge on any atom is 0.316 e. The van der Waals surface area contributed by atoms with Crippen molar-refractivity contribution < 1.29 is 9.59 Å². The lowest BCUT2D eigenvalue weighted by molar-refractivity contribution is 0.102. The molecule has 0 bridgehead atoms. The number of anilines is 2. The molecule has 0 spiro atoms. The molecule has 130 valence electrons. The first-order valence-corrected chi connectivity index (χ1v) is 8.59. The van der Waals surface area contributed by atoms with Crippen molar-refractivity contribution in [2.45, 2.75) is 9.92 Å². The molecule has 0 aliphatic carbocycles. The molecular weight excluding hydrogens is 348 g/mol. The van der Waals surface area contributed by atoms with Gasteiger partial charge in [0, 0.05) is 22.5 Å². The number of nitrogens with one attached hydrogen (secondary N) is 2. The average Bonchev–Trinajstić information content (AvgIpc) is 2.63. The first kappa shape index (κ1) is 17.5. The quantitative estimate of drug-likeness (QED) is 0.638. The summed E-state index contributed by atoms with van der Waals surface area (Å²) in [4.78, 5) is 29.0. The van der Waals surface area contributed by atoms with Gasteiger partial charge in [0.05, 0.1) is 5.56 Å². The second-order valence-electron chi connectivity index (χ2n) is 5.30. The largest absolute Gasteiger partial charge is 0.351 e. The summed E-state index contributed by atoms with van der Waals surface area (Å²) in [5, 5.41) is 5.90. The highest BCUT2D eigenvalue weighted by molar-refractivity contribution is 7.99. The van der Waals surface area contributed by atoms with E-state index in [4.69, 9.17) is 5.73 Å². The summed E-state index contributed by atoms with van der Waals surface area (Å²) in [6.45, 7) is 0. The molecule has 3 amide bonds. The molecule has 0 fully saturated rings. The Labute approximate surface area is 154 Å². The summed E-state index contributed by atoms with van der Waals surface area (Å²) >= 11 is 1.42. The van der Waals surface area contributed by atoms with Crippen LogP contribution in [0.15, 0.2) is 82.8 Å². The van der Waals surface area contributed by atoms with Crippen LogP contribution >= 0.6 is 11.8 Å². The normalized spacial score (nSPS) is 10.2. The number of nitrogens with zero attached hydrogens (tertiary/aromatic N) is 1. The Morgan fingerprint density at radius 3 is 2.35 bits per heavy atom. The van der Waals surface area contributed by atoms with E-state index in [0.29, 0.717) is 22.0 Å². The van der Waals surface area contributed by atoms with Crippen molar-refractivity contribution in [2.24, 2.45) is 5.73 Å². The van der Waals surface area contributed by atoms with Crippen LogP contribution in [0, 0.1) is 0 Å². The minimum atomic E-state index is -0.665. The van der Waals surface area contributed by atoms with Crippen molar-refractivity contribution in [1.29, 1.82) is 0 Å². The van der Waals surface area contributed by atoms with Crippen molar-refractivity contribution in [3.05, 3.63) is 78.5 Å². The number of carbonyl (C=O) groups is 2. The molecule has 0 unspecified atom stereocenters. The summed E-state index contributed by atoms with van der Waals surface area (Å²) in [6, 6.07) is 19.2. The molecule has 4 N–H and O–H groups in total. The number of pyridine rings is 1. The van der Waals surface area contributed by atoms with E-state index in [2.05, 4.69) is 15.6 Å². The standard InChI is InChI=1S/C19H16N4O2S/c20-19(25)23-14-7-4-6-13(12-14)22-17(24)16-10-5-11-21-18(16)26-15-8-2-1-3-9-15/h1-12H,(H,22,24)(H3,20,23,25). The Morgan fingerprint density at radius 2 is 1.62 bits per heavy atom. The highest BCUT2D eigenvalue weighted by Crippen LogP contribution is 2.28. The van der Waals surface area contributed by atoms with Crippen LogP contribution in [0.1, 0.15) is 10.4 Å². The fourth-order valence-electron chi connectivity index (χ4n) is 2.26. The maximum absolute atomic E-state index is 12.7. The van der Waals surface area contributed by atoms with Gasteiger partial charge in [-0.1, -0.05) is 36.0 Å². The van der Waals surface area contributed by atoms with E-state index >= 15 is 0 Å². The van der Waals surface area contributed by atoms with E-state index in [9.17, 15) is 9.59 Å². The van der Waals surface area contributed by atoms with Gasteiger partial charge in [-0.15, -0.1) is 0 Å². The first-order chi connectivity index (χ1) is 12.6. The smallest absolute Gasteiger partial charge is 0.316 e. The van der Waals surface area contributed by atoms with E-state index in [1.807, 2.05) is 30.3 Å². The van der Waals surface area contributed by atoms with E-state index < -0.39 is 6.03 Å². The predicted octanol–water partition coefficient (Wildman–Crippen LogP) is 3.98. The van der Waals surface area contributed by atoms with Crippen molar-refractivity contribution in [3.63, 3.8) is 0 Å². The van der Waals surface area contributed by atoms with Crippen LogP contribution < -0.4 is 16.4 Å². The second-order valence-corrected chi connectivity index (χ2v) is 6.36. The number of benzene rings is 2. The van der Waals surface area contributed by atoms with Gasteiger partial charge in [-0.3, -0.25) is 4.79 Å². The maximum atomic E-state index is 12.7. The Balaban J connectivity index is 1.79. The lowest BCUT2D eigenvalue weighted by Crippen LogP contribution is -2.19. The number of hydrogen-bond acceptors (Lipinski definition) is 4. The lowest BCUT2D eigenvalue weighted by atomic mass is 10.2. The topological polar surface area (TPSA) is 97.1 Å². The van der Waals surface area contributed by atoms with Crippen LogP contribution in [0.5, 0.6) is 0 Å². The highest BCUT2D eigenvalue weighted by Gasteiger charge is 2.14. The number of hydrogen-bond donors (Lipinski definition) is 3. The van der Waals surface area contributed by atoms with Gasteiger partial charge >= 0.3 is 6.03 Å². The Hall–Kier alpha value is -3.32. The van der Waals surface area contributed by atoms with E-state index in [0.717, 1.165) is 4.90 Å². The van der Waals surface area contributed by atoms with Gasteiger partial charge in [-0.05, 0) is 42.5 Å². The molecule has 0 aliphatic heterocycles. The van der Waals surface area contributed by atoms with Gasteiger partial charge in [-0.2, -0.15) is 0 Å². The Morgan fingerprint density at radius 1 is 0.885 bits per heavy atom. The molecule has 0 aliphatic rings. The molecule has 0 saturated carbocycles. The molecule has 1 aromatic heterocycles. The zero-order valence-corrected chi connectivity index (χ0v) is 14.5. The number of aromatic nitrogens is 1. The average molecular weight is 364 g/mol. The van der Waals surface area contributed by atoms with Gasteiger partial charge in [0.2, 0.25) is 0 Å². The molecule has 26 heavy (non-hydrogen) atoms. The monoisotopic (exact) mass is 364 g/mol. The fraction of sp³-hybridized carbons (Fsp3) is 0. The van der Waals surface area contributed by atoms with Gasteiger partial charge in [0.15, 0.2) is 0 Å². The molecule has 6 nitrogen and oxygen atoms in total. The minimum absolute atomic E-state index is 0.284. The zero-order chi connectivity index (χ0) is 18.4. The second kappa shape index (κ2) is 8.17. The van der Waals surface area contributed by atoms with Crippen LogP contribution in [0.25, 0.3) is 0 Å². The van der Waals surface area contributed by atoms with Gasteiger partial charge in [0.1, 0.15) is 5.03 Å². The Kier molecular flexibility index (Phi) is 5.50. The molecule has 3 aromatic rings. The summed E-state index contributed by atoms with van der Waals surface area (Å²) in [6.07, 6.45) is 1.65. The van der Waals surface area contributed by atoms with Crippen LogP contribution in [0.4, 0.5) is 16.2 Å². The predicted molar refractivity (Wildman–Crippen MR) is 102 cm³/mol. The summed E-state index contributed by atoms with van der Waals surface area (Å²) < 4.78 is 0. The summed E-state index contributed by atoms with van der Waals surface area (Å²) in [7, 11) is 0. The molecular formula is C19H16N4O2S. The SMILES string of the molecule is NC(=O)Nc1cccc(NC(=O)c2cccnc2Sc2ccccc2)c1. The van der Waals surface area contributed by atoms with Crippen LogP contribution in [0.3, 0.4) is 0 Å². The third kappa shape index (κ3) is 4.61. The Bertz CT molecular complexity index is 932. The fourth-order valence-corrected chi connectivity index (χ4v) is 3.16. The number of urea groups is 1. The zero-order valence-electron chi connectivity index (χ0n) is 13.7. The molecule has 0 radical (unpaired) electrons. The van der Waals surface area contributed by atoms with E-state index in [1.54, 1.807) is 42.6 Å². The third-order valence-corrected chi connectivity index (χ3v) is 4.39. The third-order valence-electron chi connectivity index (χ3n) is 3.36. The van der Waals surface area contributed by atoms with Crippen molar-refractivity contribution in [3.8, 4) is 0 Å². The van der Waals surface area contributed by atoms with E-state index in [1.165, 1.54) is 11.8 Å². The van der Waals surface area contributed by atoms with Crippen LogP contribution in [-0.2, 0) is 0 Å². The van der Waals surface area contributed by atoms with Crippen LogP contribution in [0.2, 0.25) is 0 Å². The van der Waals surface area contributed by atoms with Crippen molar-refractivity contribution >= 4 is 35.1 Å². The highest BCUT2D eigenvalue weighted by atomic mass is 32.2. The number of primary amides is 1. The number of amides is 3. The molecule has 2 aromatic carbocycles. The molecule has 0 saturated heterocycles. The van der Waals surface area contributed by atoms with Gasteiger partial charge in [0.25, 0.3) is 5.91 Å². The summed E-state index contributed by atoms with van der Waals surface area (Å²) in [5.74, 6) is -0.284. The lowest BCUT2D eigenvalue weighted by Gasteiger charge is -2.10. The number of nitrogens with two attached hydrogens (primary N) is 1. The molecule has 0 atom stereocenters. The van der Waals surface area contributed by atoms with E-state index in [-0.39, 0.29) is 5.91 Å². The van der Waals surface area contributed by atoms with Crippen molar-refractivity contribution in [2.75, 3.05) is 10.6 Å². The summed E-state index contributed by atoms with van der Waals surface area (Å²) in [5.41, 5.74) is 6.62. The first-order valence-electron chi connectivity index (χ1n) is 7.77. The van der Waals surface area contributed by atoms with Gasteiger partial charge in [-0.25, -0.2) is 9.78 Å². The van der Waals surface area contributed by atoms with Gasteiger partial charge < -0.3 is 16.4 Å². The van der Waals surface area contributed by atoms with Crippen LogP contribution in [-0.4, -0.2) is 16.9 Å². The molecule has 7 heteroatoms. The molecule has 1 heterocycles. The number of rotatable bonds is 5. The van der Waals surface area contributed by atoms with Crippen molar-refractivity contribution in [1.82, 2.24) is 4.98 Å². The minimum Gasteiger partial charge on any atom is -0.351 e. The number of carbonyl (C=O) groups excluding carboxylic acids is 2. The molecule has 3 rings (SSSR count).